The summed E-state index contributed by atoms with van der Waals surface area (Å²) in [5, 5.41) is 9.59. The van der Waals surface area contributed by atoms with E-state index in [0.717, 1.165) is 37.1 Å². The number of ether oxygens (including phenoxy) is 2. The van der Waals surface area contributed by atoms with Crippen molar-refractivity contribution in [1.29, 1.82) is 5.26 Å². The van der Waals surface area contributed by atoms with Gasteiger partial charge in [-0.3, -0.25) is 0 Å². The molecular formula is C24H19Br2NO2. The Balaban J connectivity index is 1.82. The van der Waals surface area contributed by atoms with Gasteiger partial charge < -0.3 is 9.47 Å². The van der Waals surface area contributed by atoms with Crippen molar-refractivity contribution in [3.05, 3.63) is 91.9 Å². The highest BCUT2D eigenvalue weighted by molar-refractivity contribution is 9.11. The van der Waals surface area contributed by atoms with Gasteiger partial charge in [-0.1, -0.05) is 29.8 Å². The lowest BCUT2D eigenvalue weighted by Gasteiger charge is -2.12. The predicted octanol–water partition coefficient (Wildman–Crippen LogP) is 7.17. The molecule has 0 spiro atoms. The lowest BCUT2D eigenvalue weighted by Crippen LogP contribution is -1.97. The molecule has 0 N–H and O–H groups in total. The van der Waals surface area contributed by atoms with Crippen LogP contribution in [0.5, 0.6) is 11.5 Å². The van der Waals surface area contributed by atoms with Crippen LogP contribution in [0.2, 0.25) is 0 Å². The van der Waals surface area contributed by atoms with Crippen LogP contribution in [0.4, 0.5) is 0 Å². The summed E-state index contributed by atoms with van der Waals surface area (Å²) >= 11 is 7.17. The normalized spacial score (nSPS) is 11.1. The number of rotatable bonds is 6. The molecule has 29 heavy (non-hydrogen) atoms. The Morgan fingerprint density at radius 1 is 1.00 bits per heavy atom. The topological polar surface area (TPSA) is 42.2 Å². The van der Waals surface area contributed by atoms with E-state index < -0.39 is 0 Å². The van der Waals surface area contributed by atoms with E-state index in [4.69, 9.17) is 9.47 Å². The van der Waals surface area contributed by atoms with Gasteiger partial charge in [0.1, 0.15) is 18.1 Å². The van der Waals surface area contributed by atoms with Gasteiger partial charge in [-0.05, 0) is 97.9 Å². The molecule has 0 saturated carbocycles. The Bertz CT molecular complexity index is 1040. The van der Waals surface area contributed by atoms with Crippen LogP contribution < -0.4 is 9.47 Å². The largest absolute Gasteiger partial charge is 0.497 e. The lowest BCUT2D eigenvalue weighted by molar-refractivity contribution is 0.302. The van der Waals surface area contributed by atoms with Crippen LogP contribution in [0, 0.1) is 18.3 Å². The van der Waals surface area contributed by atoms with Gasteiger partial charge in [-0.15, -0.1) is 0 Å². The molecule has 0 unspecified atom stereocenters. The van der Waals surface area contributed by atoms with E-state index in [1.54, 1.807) is 7.11 Å². The predicted molar refractivity (Wildman–Crippen MR) is 124 cm³/mol. The zero-order valence-corrected chi connectivity index (χ0v) is 19.2. The molecule has 0 saturated heterocycles. The second-order valence-electron chi connectivity index (χ2n) is 6.49. The Kier molecular flexibility index (Phi) is 7.13. The highest BCUT2D eigenvalue weighted by Gasteiger charge is 2.10. The van der Waals surface area contributed by atoms with Crippen LogP contribution in [0.15, 0.2) is 69.6 Å². The minimum atomic E-state index is 0.474. The van der Waals surface area contributed by atoms with Crippen molar-refractivity contribution in [3.8, 4) is 17.6 Å². The van der Waals surface area contributed by atoms with E-state index in [9.17, 15) is 5.26 Å². The number of halogens is 2. The lowest BCUT2D eigenvalue weighted by atomic mass is 10.0. The SMILES string of the molecule is COc1ccc(/C(C#N)=C/c2cc(Br)c(OCc3ccc(C)cc3)c(Br)c2)cc1. The quantitative estimate of drug-likeness (QED) is 0.259. The summed E-state index contributed by atoms with van der Waals surface area (Å²) in [6.07, 6.45) is 1.85. The van der Waals surface area contributed by atoms with Crippen molar-refractivity contribution in [2.45, 2.75) is 13.5 Å². The Morgan fingerprint density at radius 3 is 2.17 bits per heavy atom. The average Bonchev–Trinajstić information content (AvgIpc) is 2.73. The van der Waals surface area contributed by atoms with Gasteiger partial charge in [0.25, 0.3) is 0 Å². The number of hydrogen-bond donors (Lipinski definition) is 0. The molecule has 3 nitrogen and oxygen atoms in total. The van der Waals surface area contributed by atoms with E-state index >= 15 is 0 Å². The zero-order chi connectivity index (χ0) is 20.8. The van der Waals surface area contributed by atoms with Crippen LogP contribution >= 0.6 is 31.9 Å². The van der Waals surface area contributed by atoms with Crippen LogP contribution in [0.1, 0.15) is 22.3 Å². The third-order valence-electron chi connectivity index (χ3n) is 4.36. The first-order valence-corrected chi connectivity index (χ1v) is 10.5. The summed E-state index contributed by atoms with van der Waals surface area (Å²) in [7, 11) is 1.62. The summed E-state index contributed by atoms with van der Waals surface area (Å²) in [5.74, 6) is 1.48. The van der Waals surface area contributed by atoms with E-state index in [1.165, 1.54) is 5.56 Å². The number of nitrogens with zero attached hydrogens (tertiary/aromatic N) is 1. The molecule has 0 atom stereocenters. The third kappa shape index (κ3) is 5.50. The van der Waals surface area contributed by atoms with Gasteiger partial charge in [0.05, 0.1) is 27.7 Å². The van der Waals surface area contributed by atoms with E-state index in [-0.39, 0.29) is 0 Å². The Morgan fingerprint density at radius 2 is 1.62 bits per heavy atom. The summed E-state index contributed by atoms with van der Waals surface area (Å²) in [5.41, 5.74) is 4.61. The highest BCUT2D eigenvalue weighted by atomic mass is 79.9. The summed E-state index contributed by atoms with van der Waals surface area (Å²) < 4.78 is 12.8. The van der Waals surface area contributed by atoms with Crippen molar-refractivity contribution >= 4 is 43.5 Å². The number of hydrogen-bond acceptors (Lipinski definition) is 3. The second-order valence-corrected chi connectivity index (χ2v) is 8.19. The van der Waals surface area contributed by atoms with Crippen molar-refractivity contribution in [3.63, 3.8) is 0 Å². The fraction of sp³-hybridized carbons (Fsp3) is 0.125. The molecule has 0 aliphatic heterocycles. The third-order valence-corrected chi connectivity index (χ3v) is 5.53. The van der Waals surface area contributed by atoms with Crippen LogP contribution in [-0.4, -0.2) is 7.11 Å². The number of aryl methyl sites for hydroxylation is 1. The first kappa shape index (κ1) is 21.2. The standard InChI is InChI=1S/C24H19Br2NO2/c1-16-3-5-17(6-4-16)15-29-24-22(25)12-18(13-23(24)26)11-20(14-27)19-7-9-21(28-2)10-8-19/h3-13H,15H2,1-2H3/b20-11+. The van der Waals surface area contributed by atoms with Gasteiger partial charge >= 0.3 is 0 Å². The monoisotopic (exact) mass is 511 g/mol. The molecule has 0 aliphatic rings. The summed E-state index contributed by atoms with van der Waals surface area (Å²) in [4.78, 5) is 0. The first-order chi connectivity index (χ1) is 14.0. The molecule has 0 heterocycles. The average molecular weight is 513 g/mol. The van der Waals surface area contributed by atoms with Crippen molar-refractivity contribution in [2.75, 3.05) is 7.11 Å². The number of allylic oxidation sites excluding steroid dienone is 1. The smallest absolute Gasteiger partial charge is 0.148 e. The Hall–Kier alpha value is -2.55. The van der Waals surface area contributed by atoms with Crippen molar-refractivity contribution < 1.29 is 9.47 Å². The molecule has 0 amide bonds. The zero-order valence-electron chi connectivity index (χ0n) is 16.1. The van der Waals surface area contributed by atoms with Crippen LogP contribution in [-0.2, 0) is 6.61 Å². The second kappa shape index (κ2) is 9.78. The molecule has 0 radical (unpaired) electrons. The molecule has 5 heteroatoms. The maximum absolute atomic E-state index is 9.59. The maximum Gasteiger partial charge on any atom is 0.148 e. The van der Waals surface area contributed by atoms with E-state index in [0.29, 0.717) is 12.2 Å². The molecular weight excluding hydrogens is 494 g/mol. The van der Waals surface area contributed by atoms with E-state index in [1.807, 2.05) is 42.5 Å². The summed E-state index contributed by atoms with van der Waals surface area (Å²) in [6.45, 7) is 2.54. The van der Waals surface area contributed by atoms with Gasteiger partial charge in [-0.2, -0.15) is 5.26 Å². The van der Waals surface area contributed by atoms with Gasteiger partial charge in [0.2, 0.25) is 0 Å². The van der Waals surface area contributed by atoms with Crippen molar-refractivity contribution in [2.24, 2.45) is 0 Å². The first-order valence-electron chi connectivity index (χ1n) is 8.94. The fourth-order valence-electron chi connectivity index (χ4n) is 2.76. The molecule has 3 aromatic carbocycles. The molecule has 3 rings (SSSR count). The Labute approximate surface area is 187 Å². The molecule has 3 aromatic rings. The molecule has 146 valence electrons. The van der Waals surface area contributed by atoms with Gasteiger partial charge in [0, 0.05) is 0 Å². The minimum Gasteiger partial charge on any atom is -0.497 e. The van der Waals surface area contributed by atoms with Crippen LogP contribution in [0.3, 0.4) is 0 Å². The van der Waals surface area contributed by atoms with E-state index in [2.05, 4.69) is 69.1 Å². The van der Waals surface area contributed by atoms with Crippen molar-refractivity contribution in [1.82, 2.24) is 0 Å². The molecule has 0 bridgehead atoms. The number of nitriles is 1. The van der Waals surface area contributed by atoms with Crippen LogP contribution in [0.25, 0.3) is 11.6 Å². The van der Waals surface area contributed by atoms with Gasteiger partial charge in [0.15, 0.2) is 0 Å². The molecule has 0 aromatic heterocycles. The molecule has 0 aliphatic carbocycles. The maximum atomic E-state index is 9.59. The number of benzene rings is 3. The summed E-state index contributed by atoms with van der Waals surface area (Å²) in [6, 6.07) is 21.8. The number of methoxy groups -OCH3 is 1. The van der Waals surface area contributed by atoms with Gasteiger partial charge in [-0.25, -0.2) is 0 Å². The fourth-order valence-corrected chi connectivity index (χ4v) is 4.21. The minimum absolute atomic E-state index is 0.474. The molecule has 0 fully saturated rings. The highest BCUT2D eigenvalue weighted by Crippen LogP contribution is 2.36.